The van der Waals surface area contributed by atoms with Crippen LogP contribution in [0.2, 0.25) is 0 Å². The average molecular weight is 316 g/mol. The maximum atomic E-state index is 13.6. The normalized spacial score (nSPS) is 16.6. The molecule has 112 valence electrons. The third-order valence-corrected chi connectivity index (χ3v) is 4.46. The maximum Gasteiger partial charge on any atom is 0.258 e. The summed E-state index contributed by atoms with van der Waals surface area (Å²) < 4.78 is 13.6. The van der Waals surface area contributed by atoms with Crippen LogP contribution in [0.1, 0.15) is 17.3 Å². The molecule has 4 nitrogen and oxygen atoms in total. The molecule has 2 amide bonds. The van der Waals surface area contributed by atoms with Crippen molar-refractivity contribution in [2.75, 3.05) is 10.6 Å². The Morgan fingerprint density at radius 1 is 1.27 bits per heavy atom. The van der Waals surface area contributed by atoms with E-state index in [1.165, 1.54) is 30.0 Å². The Bertz CT molecular complexity index is 764. The predicted octanol–water partition coefficient (Wildman–Crippen LogP) is 3.51. The number of anilines is 2. The van der Waals surface area contributed by atoms with Crippen LogP contribution in [0.15, 0.2) is 47.4 Å². The maximum absolute atomic E-state index is 13.6. The molecular weight excluding hydrogens is 303 g/mol. The second-order valence-corrected chi connectivity index (χ2v) is 6.28. The number of thioether (sulfide) groups is 1. The van der Waals surface area contributed by atoms with Gasteiger partial charge in [-0.1, -0.05) is 12.1 Å². The van der Waals surface area contributed by atoms with Crippen LogP contribution in [-0.4, -0.2) is 17.1 Å². The Hall–Kier alpha value is -2.34. The molecule has 1 heterocycles. The van der Waals surface area contributed by atoms with Crippen LogP contribution in [0, 0.1) is 5.82 Å². The first-order valence-electron chi connectivity index (χ1n) is 6.72. The molecule has 2 aromatic carbocycles. The third-order valence-electron chi connectivity index (χ3n) is 3.29. The molecule has 0 aliphatic carbocycles. The molecular formula is C16H13FN2O2S. The highest BCUT2D eigenvalue weighted by Crippen LogP contribution is 2.37. The molecule has 1 aliphatic rings. The Labute approximate surface area is 131 Å². The summed E-state index contributed by atoms with van der Waals surface area (Å²) in [6, 6.07) is 11.0. The second-order valence-electron chi connectivity index (χ2n) is 4.89. The molecule has 0 saturated carbocycles. The van der Waals surface area contributed by atoms with Crippen LogP contribution in [0.5, 0.6) is 0 Å². The molecule has 22 heavy (non-hydrogen) atoms. The highest BCUT2D eigenvalue weighted by molar-refractivity contribution is 8.00. The van der Waals surface area contributed by atoms with Gasteiger partial charge in [0, 0.05) is 10.6 Å². The standard InChI is InChI=1S/C16H13FN2O2S/c1-9-15(20)19-13-8-10(6-7-14(13)22-9)18-16(21)11-4-2-3-5-12(11)17/h2-9H,1H3,(H,18,21)(H,19,20). The molecule has 2 N–H and O–H groups in total. The van der Waals surface area contributed by atoms with Gasteiger partial charge in [-0.25, -0.2) is 4.39 Å². The largest absolute Gasteiger partial charge is 0.324 e. The van der Waals surface area contributed by atoms with E-state index in [-0.39, 0.29) is 16.7 Å². The van der Waals surface area contributed by atoms with Crippen LogP contribution in [-0.2, 0) is 4.79 Å². The summed E-state index contributed by atoms with van der Waals surface area (Å²) in [6.45, 7) is 1.83. The van der Waals surface area contributed by atoms with Crippen molar-refractivity contribution < 1.29 is 14.0 Å². The molecule has 0 spiro atoms. The molecule has 1 unspecified atom stereocenters. The summed E-state index contributed by atoms with van der Waals surface area (Å²) in [5.74, 6) is -1.17. The number of rotatable bonds is 2. The van der Waals surface area contributed by atoms with Gasteiger partial charge in [-0.3, -0.25) is 9.59 Å². The van der Waals surface area contributed by atoms with Crippen molar-refractivity contribution in [1.29, 1.82) is 0 Å². The first-order valence-corrected chi connectivity index (χ1v) is 7.60. The fourth-order valence-corrected chi connectivity index (χ4v) is 3.06. The van der Waals surface area contributed by atoms with Crippen molar-refractivity contribution in [1.82, 2.24) is 0 Å². The van der Waals surface area contributed by atoms with E-state index in [0.717, 1.165) is 4.90 Å². The molecule has 0 fully saturated rings. The topological polar surface area (TPSA) is 58.2 Å². The molecule has 3 rings (SSSR count). The quantitative estimate of drug-likeness (QED) is 0.891. The first kappa shape index (κ1) is 14.6. The number of carbonyl (C=O) groups excluding carboxylic acids is 2. The smallest absolute Gasteiger partial charge is 0.258 e. The van der Waals surface area contributed by atoms with Gasteiger partial charge in [0.05, 0.1) is 16.5 Å². The lowest BCUT2D eigenvalue weighted by Crippen LogP contribution is -2.26. The van der Waals surface area contributed by atoms with Crippen molar-refractivity contribution in [3.63, 3.8) is 0 Å². The highest BCUT2D eigenvalue weighted by atomic mass is 32.2. The fraction of sp³-hybridized carbons (Fsp3) is 0.125. The van der Waals surface area contributed by atoms with Crippen LogP contribution < -0.4 is 10.6 Å². The number of benzene rings is 2. The van der Waals surface area contributed by atoms with E-state index in [1.807, 2.05) is 13.0 Å². The van der Waals surface area contributed by atoms with Gasteiger partial charge in [0.15, 0.2) is 0 Å². The molecule has 1 aliphatic heterocycles. The predicted molar refractivity (Wildman–Crippen MR) is 84.7 cm³/mol. The molecule has 1 atom stereocenters. The molecule has 2 aromatic rings. The molecule has 0 radical (unpaired) electrons. The average Bonchev–Trinajstić information content (AvgIpc) is 2.49. The van der Waals surface area contributed by atoms with E-state index in [1.54, 1.807) is 18.2 Å². The molecule has 0 bridgehead atoms. The minimum absolute atomic E-state index is 0.0211. The van der Waals surface area contributed by atoms with E-state index in [4.69, 9.17) is 0 Å². The number of hydrogen-bond donors (Lipinski definition) is 2. The van der Waals surface area contributed by atoms with Crippen molar-refractivity contribution in [3.05, 3.63) is 53.8 Å². The number of hydrogen-bond acceptors (Lipinski definition) is 3. The zero-order valence-electron chi connectivity index (χ0n) is 11.7. The van der Waals surface area contributed by atoms with E-state index >= 15 is 0 Å². The van der Waals surface area contributed by atoms with Gasteiger partial charge in [-0.2, -0.15) is 0 Å². The van der Waals surface area contributed by atoms with Crippen molar-refractivity contribution in [2.45, 2.75) is 17.1 Å². The monoisotopic (exact) mass is 316 g/mol. The van der Waals surface area contributed by atoms with E-state index in [9.17, 15) is 14.0 Å². The van der Waals surface area contributed by atoms with Crippen molar-refractivity contribution in [3.8, 4) is 0 Å². The molecule has 0 aromatic heterocycles. The first-order chi connectivity index (χ1) is 10.5. The Morgan fingerprint density at radius 2 is 2.05 bits per heavy atom. The number of carbonyl (C=O) groups is 2. The van der Waals surface area contributed by atoms with Crippen molar-refractivity contribution in [2.24, 2.45) is 0 Å². The van der Waals surface area contributed by atoms with Crippen LogP contribution in [0.3, 0.4) is 0 Å². The van der Waals surface area contributed by atoms with E-state index < -0.39 is 11.7 Å². The minimum Gasteiger partial charge on any atom is -0.324 e. The van der Waals surface area contributed by atoms with E-state index in [2.05, 4.69) is 10.6 Å². The zero-order chi connectivity index (χ0) is 15.7. The Morgan fingerprint density at radius 3 is 2.82 bits per heavy atom. The summed E-state index contributed by atoms with van der Waals surface area (Å²) in [4.78, 5) is 24.7. The summed E-state index contributed by atoms with van der Waals surface area (Å²) in [7, 11) is 0. The van der Waals surface area contributed by atoms with Crippen LogP contribution >= 0.6 is 11.8 Å². The number of nitrogens with one attached hydrogen (secondary N) is 2. The van der Waals surface area contributed by atoms with E-state index in [0.29, 0.717) is 11.4 Å². The summed E-state index contributed by atoms with van der Waals surface area (Å²) in [5, 5.41) is 5.28. The van der Waals surface area contributed by atoms with Gasteiger partial charge in [0.25, 0.3) is 5.91 Å². The lowest BCUT2D eigenvalue weighted by atomic mass is 10.2. The lowest BCUT2D eigenvalue weighted by molar-refractivity contribution is -0.115. The van der Waals surface area contributed by atoms with Gasteiger partial charge in [-0.15, -0.1) is 11.8 Å². The van der Waals surface area contributed by atoms with Crippen molar-refractivity contribution >= 4 is 35.0 Å². The second kappa shape index (κ2) is 5.81. The number of amides is 2. The van der Waals surface area contributed by atoms with Gasteiger partial charge in [0.2, 0.25) is 5.91 Å². The summed E-state index contributed by atoms with van der Waals surface area (Å²) in [5.41, 5.74) is 1.13. The Balaban J connectivity index is 1.82. The van der Waals surface area contributed by atoms with Gasteiger partial charge in [0.1, 0.15) is 5.82 Å². The molecule has 0 saturated heterocycles. The van der Waals surface area contributed by atoms with Gasteiger partial charge >= 0.3 is 0 Å². The van der Waals surface area contributed by atoms with Crippen LogP contribution in [0.25, 0.3) is 0 Å². The minimum atomic E-state index is -0.573. The SMILES string of the molecule is CC1Sc2ccc(NC(=O)c3ccccc3F)cc2NC1=O. The number of halogens is 1. The highest BCUT2D eigenvalue weighted by Gasteiger charge is 2.23. The summed E-state index contributed by atoms with van der Waals surface area (Å²) in [6.07, 6.45) is 0. The summed E-state index contributed by atoms with van der Waals surface area (Å²) >= 11 is 1.46. The Kier molecular flexibility index (Phi) is 3.85. The lowest BCUT2D eigenvalue weighted by Gasteiger charge is -2.22. The van der Waals surface area contributed by atoms with Gasteiger partial charge < -0.3 is 10.6 Å². The third kappa shape index (κ3) is 2.82. The number of fused-ring (bicyclic) bond motifs is 1. The fourth-order valence-electron chi connectivity index (χ4n) is 2.13. The van der Waals surface area contributed by atoms with Crippen LogP contribution in [0.4, 0.5) is 15.8 Å². The van der Waals surface area contributed by atoms with Gasteiger partial charge in [-0.05, 0) is 37.3 Å². The zero-order valence-corrected chi connectivity index (χ0v) is 12.5. The molecule has 6 heteroatoms.